The molecule has 1 aliphatic rings. The number of nitrogens with zero attached hydrogens (tertiary/aromatic N) is 1. The van der Waals surface area contributed by atoms with Crippen molar-refractivity contribution in [3.8, 4) is 0 Å². The van der Waals surface area contributed by atoms with Crippen LogP contribution in [-0.2, 0) is 11.3 Å². The van der Waals surface area contributed by atoms with Crippen molar-refractivity contribution < 1.29 is 9.53 Å². The topological polar surface area (TPSA) is 29.5 Å². The normalized spacial score (nSPS) is 17.3. The van der Waals surface area contributed by atoms with Gasteiger partial charge in [0.1, 0.15) is 0 Å². The highest BCUT2D eigenvalue weighted by Crippen LogP contribution is 2.34. The highest BCUT2D eigenvalue weighted by Gasteiger charge is 2.30. The predicted octanol–water partition coefficient (Wildman–Crippen LogP) is 4.43. The standard InChI is InChI=1S/C21H25NO2/c1-15-10-16(2)12-19(11-15)20-8-5-9-22(20)21(23)18-7-4-6-17(13-18)14-24-3/h4,6-7,10-13,20H,5,8-9,14H2,1-3H3. The quantitative estimate of drug-likeness (QED) is 0.833. The Labute approximate surface area is 144 Å². The van der Waals surface area contributed by atoms with E-state index in [1.165, 1.54) is 16.7 Å². The summed E-state index contributed by atoms with van der Waals surface area (Å²) in [5.41, 5.74) is 5.55. The Bertz CT molecular complexity index is 718. The fourth-order valence-electron chi connectivity index (χ4n) is 3.69. The van der Waals surface area contributed by atoms with Gasteiger partial charge in [-0.3, -0.25) is 4.79 Å². The molecule has 2 aromatic carbocycles. The molecule has 1 atom stereocenters. The molecule has 0 radical (unpaired) electrons. The lowest BCUT2D eigenvalue weighted by Crippen LogP contribution is -2.30. The molecule has 0 bridgehead atoms. The highest BCUT2D eigenvalue weighted by atomic mass is 16.5. The predicted molar refractivity (Wildman–Crippen MR) is 96.1 cm³/mol. The first kappa shape index (κ1) is 16.7. The molecular formula is C21H25NO2. The van der Waals surface area contributed by atoms with Crippen molar-refractivity contribution in [2.75, 3.05) is 13.7 Å². The molecule has 1 amide bonds. The lowest BCUT2D eigenvalue weighted by Gasteiger charge is -2.26. The summed E-state index contributed by atoms with van der Waals surface area (Å²) in [6.45, 7) is 5.59. The third-order valence-corrected chi connectivity index (χ3v) is 4.63. The van der Waals surface area contributed by atoms with E-state index in [4.69, 9.17) is 4.74 Å². The Morgan fingerprint density at radius 1 is 1.17 bits per heavy atom. The van der Waals surface area contributed by atoms with Gasteiger partial charge in [0.05, 0.1) is 12.6 Å². The number of hydrogen-bond acceptors (Lipinski definition) is 2. The molecule has 0 aromatic heterocycles. The summed E-state index contributed by atoms with van der Waals surface area (Å²) in [6, 6.07) is 14.6. The van der Waals surface area contributed by atoms with Crippen LogP contribution in [0.15, 0.2) is 42.5 Å². The maximum absolute atomic E-state index is 13.0. The third-order valence-electron chi connectivity index (χ3n) is 4.63. The highest BCUT2D eigenvalue weighted by molar-refractivity contribution is 5.94. The third kappa shape index (κ3) is 3.51. The van der Waals surface area contributed by atoms with Crippen molar-refractivity contribution in [3.63, 3.8) is 0 Å². The van der Waals surface area contributed by atoms with Crippen LogP contribution in [0, 0.1) is 13.8 Å². The zero-order valence-corrected chi connectivity index (χ0v) is 14.7. The molecule has 1 fully saturated rings. The second-order valence-electron chi connectivity index (χ2n) is 6.71. The van der Waals surface area contributed by atoms with E-state index in [1.807, 2.05) is 29.2 Å². The molecule has 24 heavy (non-hydrogen) atoms. The van der Waals surface area contributed by atoms with Crippen molar-refractivity contribution >= 4 is 5.91 Å². The average Bonchev–Trinajstić information content (AvgIpc) is 3.03. The summed E-state index contributed by atoms with van der Waals surface area (Å²) >= 11 is 0. The summed E-state index contributed by atoms with van der Waals surface area (Å²) < 4.78 is 5.18. The minimum absolute atomic E-state index is 0.120. The molecule has 3 rings (SSSR count). The van der Waals surface area contributed by atoms with E-state index >= 15 is 0 Å². The van der Waals surface area contributed by atoms with E-state index in [0.717, 1.165) is 30.5 Å². The largest absolute Gasteiger partial charge is 0.380 e. The van der Waals surface area contributed by atoms with Crippen molar-refractivity contribution in [2.45, 2.75) is 39.3 Å². The Morgan fingerprint density at radius 3 is 2.62 bits per heavy atom. The molecule has 3 nitrogen and oxygen atoms in total. The SMILES string of the molecule is COCc1cccc(C(=O)N2CCCC2c2cc(C)cc(C)c2)c1. The number of benzene rings is 2. The lowest BCUT2D eigenvalue weighted by molar-refractivity contribution is 0.0735. The first-order valence-corrected chi connectivity index (χ1v) is 8.55. The van der Waals surface area contributed by atoms with Gasteiger partial charge < -0.3 is 9.64 Å². The Kier molecular flexibility index (Phi) is 5.00. The van der Waals surface area contributed by atoms with Crippen LogP contribution in [0.3, 0.4) is 0 Å². The number of carbonyl (C=O) groups is 1. The van der Waals surface area contributed by atoms with Gasteiger partial charge in [-0.2, -0.15) is 0 Å². The van der Waals surface area contributed by atoms with Crippen LogP contribution < -0.4 is 0 Å². The summed E-state index contributed by atoms with van der Waals surface area (Å²) in [5, 5.41) is 0. The summed E-state index contributed by atoms with van der Waals surface area (Å²) in [4.78, 5) is 15.1. The molecule has 0 spiro atoms. The Balaban J connectivity index is 1.87. The minimum Gasteiger partial charge on any atom is -0.380 e. The smallest absolute Gasteiger partial charge is 0.254 e. The minimum atomic E-state index is 0.120. The van der Waals surface area contributed by atoms with Gasteiger partial charge in [0.25, 0.3) is 5.91 Å². The summed E-state index contributed by atoms with van der Waals surface area (Å²) in [5.74, 6) is 0.120. The number of hydrogen-bond donors (Lipinski definition) is 0. The molecule has 0 N–H and O–H groups in total. The maximum atomic E-state index is 13.0. The lowest BCUT2D eigenvalue weighted by atomic mass is 9.99. The number of amides is 1. The van der Waals surface area contributed by atoms with E-state index in [1.54, 1.807) is 7.11 Å². The van der Waals surface area contributed by atoms with Crippen LogP contribution in [0.5, 0.6) is 0 Å². The molecule has 126 valence electrons. The van der Waals surface area contributed by atoms with Gasteiger partial charge in [0, 0.05) is 19.2 Å². The summed E-state index contributed by atoms with van der Waals surface area (Å²) in [7, 11) is 1.67. The van der Waals surface area contributed by atoms with Crippen LogP contribution >= 0.6 is 0 Å². The van der Waals surface area contributed by atoms with Crippen LogP contribution in [0.2, 0.25) is 0 Å². The molecule has 1 saturated heterocycles. The van der Waals surface area contributed by atoms with Gasteiger partial charge >= 0.3 is 0 Å². The van der Waals surface area contributed by atoms with Gasteiger partial charge in [0.15, 0.2) is 0 Å². The van der Waals surface area contributed by atoms with Crippen molar-refractivity contribution in [3.05, 3.63) is 70.3 Å². The van der Waals surface area contributed by atoms with Gasteiger partial charge in [-0.25, -0.2) is 0 Å². The van der Waals surface area contributed by atoms with E-state index in [0.29, 0.717) is 6.61 Å². The molecule has 1 heterocycles. The number of ether oxygens (including phenoxy) is 1. The van der Waals surface area contributed by atoms with Crippen LogP contribution in [0.25, 0.3) is 0 Å². The maximum Gasteiger partial charge on any atom is 0.254 e. The van der Waals surface area contributed by atoms with E-state index in [2.05, 4.69) is 32.0 Å². The zero-order valence-electron chi connectivity index (χ0n) is 14.7. The van der Waals surface area contributed by atoms with E-state index in [9.17, 15) is 4.79 Å². The van der Waals surface area contributed by atoms with E-state index < -0.39 is 0 Å². The fraction of sp³-hybridized carbons (Fsp3) is 0.381. The molecule has 2 aromatic rings. The Hall–Kier alpha value is -2.13. The molecule has 0 saturated carbocycles. The summed E-state index contributed by atoms with van der Waals surface area (Å²) in [6.07, 6.45) is 2.09. The fourth-order valence-corrected chi connectivity index (χ4v) is 3.69. The molecule has 3 heteroatoms. The van der Waals surface area contributed by atoms with Crippen LogP contribution in [-0.4, -0.2) is 24.5 Å². The molecule has 1 unspecified atom stereocenters. The van der Waals surface area contributed by atoms with Crippen molar-refractivity contribution in [2.24, 2.45) is 0 Å². The number of methoxy groups -OCH3 is 1. The number of aryl methyl sites for hydroxylation is 2. The van der Waals surface area contributed by atoms with Gasteiger partial charge in [-0.1, -0.05) is 41.5 Å². The van der Waals surface area contributed by atoms with Gasteiger partial charge in [-0.15, -0.1) is 0 Å². The van der Waals surface area contributed by atoms with E-state index in [-0.39, 0.29) is 11.9 Å². The zero-order chi connectivity index (χ0) is 17.1. The monoisotopic (exact) mass is 323 g/mol. The van der Waals surface area contributed by atoms with Crippen LogP contribution in [0.4, 0.5) is 0 Å². The number of rotatable bonds is 4. The molecular weight excluding hydrogens is 298 g/mol. The van der Waals surface area contributed by atoms with Gasteiger partial charge in [0.2, 0.25) is 0 Å². The van der Waals surface area contributed by atoms with Gasteiger partial charge in [-0.05, 0) is 49.9 Å². The first-order valence-electron chi connectivity index (χ1n) is 8.55. The molecule has 1 aliphatic heterocycles. The number of carbonyl (C=O) groups excluding carboxylic acids is 1. The first-order chi connectivity index (χ1) is 11.6. The second-order valence-corrected chi connectivity index (χ2v) is 6.71. The average molecular weight is 323 g/mol. The number of likely N-dealkylation sites (tertiary alicyclic amines) is 1. The van der Waals surface area contributed by atoms with Crippen molar-refractivity contribution in [1.82, 2.24) is 4.90 Å². The molecule has 0 aliphatic carbocycles. The van der Waals surface area contributed by atoms with Crippen LogP contribution in [0.1, 0.15) is 51.5 Å². The second kappa shape index (κ2) is 7.18. The van der Waals surface area contributed by atoms with Crippen molar-refractivity contribution in [1.29, 1.82) is 0 Å². The Morgan fingerprint density at radius 2 is 1.92 bits per heavy atom.